The molecule has 0 atom stereocenters. The molecule has 7 nitrogen and oxygen atoms in total. The topological polar surface area (TPSA) is 110 Å². The second-order valence-corrected chi connectivity index (χ2v) is 6.35. The number of hydrogen-bond acceptors (Lipinski definition) is 6. The van der Waals surface area contributed by atoms with Crippen molar-refractivity contribution in [2.24, 2.45) is 5.73 Å². The van der Waals surface area contributed by atoms with Crippen LogP contribution in [0.2, 0.25) is 5.02 Å². The molecule has 3 amide bonds. The first kappa shape index (κ1) is 15.5. The molecule has 21 heavy (non-hydrogen) atoms. The summed E-state index contributed by atoms with van der Waals surface area (Å²) in [6.45, 7) is 0. The molecule has 2 rings (SSSR count). The lowest BCUT2D eigenvalue weighted by Gasteiger charge is -2.04. The number of carbonyl (C=O) groups is 2. The Labute approximate surface area is 133 Å². The van der Waals surface area contributed by atoms with Crippen LogP contribution in [0.1, 0.15) is 0 Å². The Kier molecular flexibility index (Phi) is 5.37. The molecule has 0 fully saturated rings. The van der Waals surface area contributed by atoms with Crippen LogP contribution in [0.25, 0.3) is 0 Å². The molecule has 1 heterocycles. The Morgan fingerprint density at radius 2 is 1.95 bits per heavy atom. The van der Waals surface area contributed by atoms with E-state index in [9.17, 15) is 9.59 Å². The van der Waals surface area contributed by atoms with Crippen LogP contribution in [-0.4, -0.2) is 27.9 Å². The number of hydrogen-bond donors (Lipinski definition) is 3. The van der Waals surface area contributed by atoms with Crippen molar-refractivity contribution >= 4 is 57.5 Å². The third-order valence-electron chi connectivity index (χ3n) is 2.07. The zero-order valence-corrected chi connectivity index (χ0v) is 12.9. The lowest BCUT2D eigenvalue weighted by Crippen LogP contribution is -2.19. The maximum atomic E-state index is 11.7. The minimum Gasteiger partial charge on any atom is -0.369 e. The van der Waals surface area contributed by atoms with Gasteiger partial charge in [-0.1, -0.05) is 34.7 Å². The first-order valence-corrected chi connectivity index (χ1v) is 7.79. The first-order chi connectivity index (χ1) is 10.0. The predicted octanol–water partition coefficient (Wildman–Crippen LogP) is 2.41. The zero-order valence-electron chi connectivity index (χ0n) is 10.5. The maximum Gasteiger partial charge on any atom is 0.325 e. The summed E-state index contributed by atoms with van der Waals surface area (Å²) in [7, 11) is 0. The van der Waals surface area contributed by atoms with Crippen LogP contribution >= 0.6 is 34.7 Å². The average Bonchev–Trinajstić information content (AvgIpc) is 2.86. The van der Waals surface area contributed by atoms with Gasteiger partial charge < -0.3 is 11.1 Å². The predicted molar refractivity (Wildman–Crippen MR) is 83.9 cm³/mol. The van der Waals surface area contributed by atoms with E-state index in [2.05, 4.69) is 20.8 Å². The Balaban J connectivity index is 1.87. The van der Waals surface area contributed by atoms with Gasteiger partial charge in [0.15, 0.2) is 4.34 Å². The average molecular weight is 344 g/mol. The number of aromatic nitrogens is 2. The molecular formula is C11H10ClN5O2S2. The number of primary amides is 1. The number of anilines is 2. The monoisotopic (exact) mass is 343 g/mol. The number of halogens is 1. The van der Waals surface area contributed by atoms with Crippen molar-refractivity contribution < 1.29 is 9.59 Å². The SMILES string of the molecule is NC(=O)CSc1nnc(NC(=O)Nc2ccc(Cl)cc2)s1. The molecule has 0 aliphatic heterocycles. The Bertz CT molecular complexity index is 646. The summed E-state index contributed by atoms with van der Waals surface area (Å²) in [5.74, 6) is -0.323. The van der Waals surface area contributed by atoms with Gasteiger partial charge in [-0.2, -0.15) is 0 Å². The fraction of sp³-hybridized carbons (Fsp3) is 0.0909. The summed E-state index contributed by atoms with van der Waals surface area (Å²) in [6.07, 6.45) is 0. The summed E-state index contributed by atoms with van der Waals surface area (Å²) >= 11 is 8.07. The molecule has 0 unspecified atom stereocenters. The van der Waals surface area contributed by atoms with Crippen molar-refractivity contribution in [1.29, 1.82) is 0 Å². The third kappa shape index (κ3) is 5.21. The van der Waals surface area contributed by atoms with E-state index in [0.717, 1.165) is 11.3 Å². The van der Waals surface area contributed by atoms with E-state index in [4.69, 9.17) is 17.3 Å². The lowest BCUT2D eigenvalue weighted by atomic mass is 10.3. The number of rotatable bonds is 5. The zero-order chi connectivity index (χ0) is 15.2. The number of benzene rings is 1. The molecular weight excluding hydrogens is 334 g/mol. The van der Waals surface area contributed by atoms with Crippen molar-refractivity contribution in [1.82, 2.24) is 10.2 Å². The summed E-state index contributed by atoms with van der Waals surface area (Å²) in [5, 5.41) is 13.7. The van der Waals surface area contributed by atoms with Gasteiger partial charge in [-0.3, -0.25) is 10.1 Å². The van der Waals surface area contributed by atoms with Crippen LogP contribution in [0, 0.1) is 0 Å². The number of amides is 3. The van der Waals surface area contributed by atoms with Crippen LogP contribution < -0.4 is 16.4 Å². The van der Waals surface area contributed by atoms with Gasteiger partial charge in [-0.05, 0) is 24.3 Å². The van der Waals surface area contributed by atoms with Gasteiger partial charge in [-0.15, -0.1) is 10.2 Å². The number of thioether (sulfide) groups is 1. The Morgan fingerprint density at radius 3 is 2.62 bits per heavy atom. The second-order valence-electron chi connectivity index (χ2n) is 3.71. The minimum absolute atomic E-state index is 0.117. The molecule has 0 aliphatic rings. The summed E-state index contributed by atoms with van der Waals surface area (Å²) in [5.41, 5.74) is 5.63. The molecule has 0 bridgehead atoms. The molecule has 4 N–H and O–H groups in total. The number of nitrogens with zero attached hydrogens (tertiary/aromatic N) is 2. The molecule has 110 valence electrons. The van der Waals surface area contributed by atoms with Gasteiger partial charge in [0.25, 0.3) is 0 Å². The van der Waals surface area contributed by atoms with E-state index in [0.29, 0.717) is 20.2 Å². The molecule has 1 aromatic carbocycles. The van der Waals surface area contributed by atoms with Gasteiger partial charge in [-0.25, -0.2) is 4.79 Å². The highest BCUT2D eigenvalue weighted by atomic mass is 35.5. The van der Waals surface area contributed by atoms with Gasteiger partial charge in [0.1, 0.15) is 0 Å². The first-order valence-electron chi connectivity index (χ1n) is 5.61. The van der Waals surface area contributed by atoms with Crippen molar-refractivity contribution in [3.05, 3.63) is 29.3 Å². The number of nitrogens with two attached hydrogens (primary N) is 1. The minimum atomic E-state index is -0.445. The number of nitrogens with one attached hydrogen (secondary N) is 2. The molecule has 10 heteroatoms. The van der Waals surface area contributed by atoms with Crippen LogP contribution in [-0.2, 0) is 4.79 Å². The molecule has 0 aliphatic carbocycles. The third-order valence-corrected chi connectivity index (χ3v) is 4.31. The number of urea groups is 1. The maximum absolute atomic E-state index is 11.7. The van der Waals surface area contributed by atoms with Crippen LogP contribution in [0.4, 0.5) is 15.6 Å². The summed E-state index contributed by atoms with van der Waals surface area (Å²) in [4.78, 5) is 22.4. The largest absolute Gasteiger partial charge is 0.369 e. The van der Waals surface area contributed by atoms with E-state index in [-0.39, 0.29) is 5.75 Å². The van der Waals surface area contributed by atoms with Gasteiger partial charge in [0, 0.05) is 10.7 Å². The van der Waals surface area contributed by atoms with Gasteiger partial charge >= 0.3 is 6.03 Å². The number of carbonyl (C=O) groups excluding carboxylic acids is 2. The molecule has 0 saturated carbocycles. The molecule has 0 saturated heterocycles. The Hall–Kier alpha value is -1.84. The van der Waals surface area contributed by atoms with Gasteiger partial charge in [0.05, 0.1) is 5.75 Å². The van der Waals surface area contributed by atoms with Gasteiger partial charge in [0.2, 0.25) is 11.0 Å². The second kappa shape index (κ2) is 7.25. The van der Waals surface area contributed by atoms with Crippen LogP contribution in [0.3, 0.4) is 0 Å². The lowest BCUT2D eigenvalue weighted by molar-refractivity contribution is -0.115. The van der Waals surface area contributed by atoms with Crippen LogP contribution in [0.5, 0.6) is 0 Å². The molecule has 2 aromatic rings. The van der Waals surface area contributed by atoms with Crippen molar-refractivity contribution in [2.45, 2.75) is 4.34 Å². The summed E-state index contributed by atoms with van der Waals surface area (Å²) < 4.78 is 0.551. The van der Waals surface area contributed by atoms with E-state index in [1.807, 2.05) is 0 Å². The van der Waals surface area contributed by atoms with Crippen molar-refractivity contribution in [3.8, 4) is 0 Å². The van der Waals surface area contributed by atoms with E-state index in [1.165, 1.54) is 11.8 Å². The highest BCUT2D eigenvalue weighted by molar-refractivity contribution is 8.01. The fourth-order valence-corrected chi connectivity index (χ4v) is 2.86. The highest BCUT2D eigenvalue weighted by Gasteiger charge is 2.09. The van der Waals surface area contributed by atoms with E-state index in [1.54, 1.807) is 24.3 Å². The smallest absolute Gasteiger partial charge is 0.325 e. The normalized spacial score (nSPS) is 10.1. The highest BCUT2D eigenvalue weighted by Crippen LogP contribution is 2.25. The van der Waals surface area contributed by atoms with Crippen LogP contribution in [0.15, 0.2) is 28.6 Å². The Morgan fingerprint density at radius 1 is 1.24 bits per heavy atom. The molecule has 0 spiro atoms. The standard InChI is InChI=1S/C11H10ClN5O2S2/c12-6-1-3-7(4-2-6)14-9(19)15-10-16-17-11(21-10)20-5-8(13)18/h1-4H,5H2,(H2,13,18)(H2,14,15,16,19). The van der Waals surface area contributed by atoms with Crippen molar-refractivity contribution in [2.75, 3.05) is 16.4 Å². The van der Waals surface area contributed by atoms with Crippen molar-refractivity contribution in [3.63, 3.8) is 0 Å². The quantitative estimate of drug-likeness (QED) is 0.570. The molecule has 1 aromatic heterocycles. The summed E-state index contributed by atoms with van der Waals surface area (Å²) in [6, 6.07) is 6.24. The van der Waals surface area contributed by atoms with E-state index >= 15 is 0 Å². The fourth-order valence-electron chi connectivity index (χ4n) is 1.24. The molecule has 0 radical (unpaired) electrons. The van der Waals surface area contributed by atoms with E-state index < -0.39 is 11.9 Å².